The van der Waals surface area contributed by atoms with E-state index in [4.69, 9.17) is 5.73 Å². The summed E-state index contributed by atoms with van der Waals surface area (Å²) in [4.78, 5) is 15.6. The van der Waals surface area contributed by atoms with Crippen molar-refractivity contribution in [1.29, 1.82) is 0 Å². The van der Waals surface area contributed by atoms with Gasteiger partial charge in [-0.1, -0.05) is 55.8 Å². The summed E-state index contributed by atoms with van der Waals surface area (Å²) in [6, 6.07) is 24.1. The van der Waals surface area contributed by atoms with Crippen molar-refractivity contribution in [1.82, 2.24) is 4.90 Å². The van der Waals surface area contributed by atoms with Crippen LogP contribution in [0.3, 0.4) is 0 Å². The van der Waals surface area contributed by atoms with Crippen molar-refractivity contribution >= 4 is 34.2 Å². The van der Waals surface area contributed by atoms with Crippen LogP contribution >= 0.6 is 0 Å². The first-order chi connectivity index (χ1) is 16.6. The third-order valence-electron chi connectivity index (χ3n) is 7.01. The summed E-state index contributed by atoms with van der Waals surface area (Å²) in [6.07, 6.45) is 3.90. The summed E-state index contributed by atoms with van der Waals surface area (Å²) in [6.45, 7) is 5.65. The van der Waals surface area contributed by atoms with Crippen molar-refractivity contribution in [2.75, 3.05) is 29.5 Å². The molecule has 2 aliphatic heterocycles. The molecule has 0 bridgehead atoms. The molecule has 5 nitrogen and oxygen atoms in total. The highest BCUT2D eigenvalue weighted by atomic mass is 16.2. The minimum absolute atomic E-state index is 0.126. The maximum absolute atomic E-state index is 13.0. The first-order valence-corrected chi connectivity index (χ1v) is 12.2. The molecule has 3 aromatic carbocycles. The smallest absolute Gasteiger partial charge is 0.258 e. The van der Waals surface area contributed by atoms with Gasteiger partial charge in [0.2, 0.25) is 0 Å². The average molecular weight is 453 g/mol. The molecule has 3 aromatic rings. The average Bonchev–Trinajstić information content (AvgIpc) is 3.19. The Hall–Kier alpha value is -3.57. The topological polar surface area (TPSA) is 70.4 Å². The monoisotopic (exact) mass is 452 g/mol. The Bertz CT molecular complexity index is 1190. The Kier molecular flexibility index (Phi) is 6.37. The van der Waals surface area contributed by atoms with E-state index < -0.39 is 0 Å². The molecule has 4 N–H and O–H groups in total. The third kappa shape index (κ3) is 4.70. The number of benzene rings is 3. The number of carbonyl (C=O) groups is 1. The van der Waals surface area contributed by atoms with E-state index in [1.54, 1.807) is 6.07 Å². The Labute approximate surface area is 201 Å². The number of hydrogen-bond donors (Lipinski definition) is 3. The van der Waals surface area contributed by atoms with E-state index >= 15 is 0 Å². The summed E-state index contributed by atoms with van der Waals surface area (Å²) < 4.78 is 0. The normalized spacial score (nSPS) is 17.9. The molecular formula is C29H32N4O. The molecule has 1 saturated heterocycles. The molecule has 0 unspecified atom stereocenters. The van der Waals surface area contributed by atoms with E-state index in [2.05, 4.69) is 46.7 Å². The van der Waals surface area contributed by atoms with Gasteiger partial charge < -0.3 is 16.4 Å². The summed E-state index contributed by atoms with van der Waals surface area (Å²) in [5.41, 5.74) is 12.9. The van der Waals surface area contributed by atoms with Crippen molar-refractivity contribution in [3.63, 3.8) is 0 Å². The fourth-order valence-electron chi connectivity index (χ4n) is 4.97. The first kappa shape index (κ1) is 22.2. The van der Waals surface area contributed by atoms with Crippen LogP contribution in [0.4, 0.5) is 17.1 Å². The lowest BCUT2D eigenvalue weighted by Crippen LogP contribution is -2.32. The molecule has 34 heavy (non-hydrogen) atoms. The van der Waals surface area contributed by atoms with Gasteiger partial charge in [0.25, 0.3) is 5.91 Å². The summed E-state index contributed by atoms with van der Waals surface area (Å²) in [7, 11) is 0. The highest BCUT2D eigenvalue weighted by Gasteiger charge is 2.28. The minimum Gasteiger partial charge on any atom is -0.399 e. The Morgan fingerprint density at radius 1 is 1.03 bits per heavy atom. The molecule has 0 spiro atoms. The molecule has 0 saturated carbocycles. The number of nitrogens with two attached hydrogens (primary N) is 1. The highest BCUT2D eigenvalue weighted by Crippen LogP contribution is 2.38. The summed E-state index contributed by atoms with van der Waals surface area (Å²) in [5, 5.41) is 6.51. The first-order valence-electron chi connectivity index (χ1n) is 12.2. The third-order valence-corrected chi connectivity index (χ3v) is 7.01. The SMILES string of the molecule is CCC1CCN(Cc2ccc(NC(=C3C(=O)Nc4ccc(N)cc43)c3ccccc3)cc2)CC1. The molecule has 1 fully saturated rings. The number of rotatable bonds is 6. The number of likely N-dealkylation sites (tertiary alicyclic amines) is 1. The number of anilines is 3. The largest absolute Gasteiger partial charge is 0.399 e. The van der Waals surface area contributed by atoms with Gasteiger partial charge in [0.15, 0.2) is 0 Å². The predicted octanol–water partition coefficient (Wildman–Crippen LogP) is 5.82. The zero-order valence-corrected chi connectivity index (χ0v) is 19.7. The highest BCUT2D eigenvalue weighted by molar-refractivity contribution is 6.37. The number of piperidine rings is 1. The molecule has 0 atom stereocenters. The van der Waals surface area contributed by atoms with Gasteiger partial charge in [-0.15, -0.1) is 0 Å². The van der Waals surface area contributed by atoms with E-state index in [9.17, 15) is 4.79 Å². The number of amides is 1. The van der Waals surface area contributed by atoms with E-state index in [1.807, 2.05) is 42.5 Å². The maximum Gasteiger partial charge on any atom is 0.258 e. The molecule has 1 amide bonds. The van der Waals surface area contributed by atoms with Crippen LogP contribution in [0.5, 0.6) is 0 Å². The van der Waals surface area contributed by atoms with E-state index in [-0.39, 0.29) is 5.91 Å². The molecule has 0 aromatic heterocycles. The van der Waals surface area contributed by atoms with Gasteiger partial charge >= 0.3 is 0 Å². The fourth-order valence-corrected chi connectivity index (χ4v) is 4.97. The number of carbonyl (C=O) groups excluding carboxylic acids is 1. The quantitative estimate of drug-likeness (QED) is 0.325. The predicted molar refractivity (Wildman–Crippen MR) is 141 cm³/mol. The second-order valence-electron chi connectivity index (χ2n) is 9.32. The lowest BCUT2D eigenvalue weighted by Gasteiger charge is -2.31. The second kappa shape index (κ2) is 9.74. The van der Waals surface area contributed by atoms with Crippen LogP contribution in [0.1, 0.15) is 42.9 Å². The standard InChI is InChI=1S/C29H32N4O/c1-2-20-14-16-33(17-15-20)19-21-8-11-24(12-9-21)31-28(22-6-4-3-5-7-22)27-25-18-23(30)10-13-26(25)32-29(27)34/h3-13,18,20,31H,2,14-17,19,30H2,1H3,(H,32,34). The van der Waals surface area contributed by atoms with Crippen LogP contribution in [0.2, 0.25) is 0 Å². The molecule has 2 aliphatic rings. The van der Waals surface area contributed by atoms with Gasteiger partial charge in [-0.05, 0) is 73.3 Å². The van der Waals surface area contributed by atoms with Crippen LogP contribution in [0.25, 0.3) is 11.3 Å². The zero-order chi connectivity index (χ0) is 23.5. The molecule has 5 rings (SSSR count). The van der Waals surface area contributed by atoms with Gasteiger partial charge in [0.1, 0.15) is 0 Å². The number of nitrogen functional groups attached to an aromatic ring is 1. The van der Waals surface area contributed by atoms with Crippen LogP contribution < -0.4 is 16.4 Å². The maximum atomic E-state index is 13.0. The van der Waals surface area contributed by atoms with Crippen molar-refractivity contribution in [3.05, 3.63) is 89.5 Å². The van der Waals surface area contributed by atoms with Crippen molar-refractivity contribution in [2.45, 2.75) is 32.7 Å². The number of fused-ring (bicyclic) bond motifs is 1. The molecule has 0 aliphatic carbocycles. The van der Waals surface area contributed by atoms with Gasteiger partial charge in [0.05, 0.1) is 11.3 Å². The summed E-state index contributed by atoms with van der Waals surface area (Å²) >= 11 is 0. The van der Waals surface area contributed by atoms with Gasteiger partial charge in [-0.25, -0.2) is 0 Å². The van der Waals surface area contributed by atoms with E-state index in [1.165, 1.54) is 37.9 Å². The fraction of sp³-hybridized carbons (Fsp3) is 0.276. The number of nitrogens with one attached hydrogen (secondary N) is 2. The molecule has 174 valence electrons. The Morgan fingerprint density at radius 2 is 1.76 bits per heavy atom. The molecule has 5 heteroatoms. The second-order valence-corrected chi connectivity index (χ2v) is 9.32. The van der Waals surface area contributed by atoms with Crippen molar-refractivity contribution < 1.29 is 4.79 Å². The van der Waals surface area contributed by atoms with Crippen LogP contribution in [0, 0.1) is 5.92 Å². The van der Waals surface area contributed by atoms with Gasteiger partial charge in [-0.2, -0.15) is 0 Å². The Morgan fingerprint density at radius 3 is 2.47 bits per heavy atom. The summed E-state index contributed by atoms with van der Waals surface area (Å²) in [5.74, 6) is 0.764. The van der Waals surface area contributed by atoms with Crippen LogP contribution in [-0.2, 0) is 11.3 Å². The van der Waals surface area contributed by atoms with Crippen molar-refractivity contribution in [2.24, 2.45) is 5.92 Å². The molecule has 2 heterocycles. The zero-order valence-electron chi connectivity index (χ0n) is 19.7. The van der Waals surface area contributed by atoms with E-state index in [0.717, 1.165) is 40.7 Å². The number of hydrogen-bond acceptors (Lipinski definition) is 4. The van der Waals surface area contributed by atoms with Crippen LogP contribution in [-0.4, -0.2) is 23.9 Å². The van der Waals surface area contributed by atoms with Gasteiger partial charge in [-0.3, -0.25) is 9.69 Å². The van der Waals surface area contributed by atoms with Gasteiger partial charge in [0, 0.05) is 29.2 Å². The number of nitrogens with zero attached hydrogens (tertiary/aromatic N) is 1. The van der Waals surface area contributed by atoms with E-state index in [0.29, 0.717) is 11.3 Å². The van der Waals surface area contributed by atoms with Crippen molar-refractivity contribution in [3.8, 4) is 0 Å². The Balaban J connectivity index is 1.41. The van der Waals surface area contributed by atoms with Crippen LogP contribution in [0.15, 0.2) is 72.8 Å². The lowest BCUT2D eigenvalue weighted by molar-refractivity contribution is -0.110. The molecular weight excluding hydrogens is 420 g/mol. The lowest BCUT2D eigenvalue weighted by atomic mass is 9.94. The molecule has 0 radical (unpaired) electrons. The minimum atomic E-state index is -0.126.